The lowest BCUT2D eigenvalue weighted by molar-refractivity contribution is 0.0724. The molecule has 1 aliphatic heterocycles. The summed E-state index contributed by atoms with van der Waals surface area (Å²) < 4.78 is 0. The Hall–Kier alpha value is -2.17. The number of hydrogen-bond donors (Lipinski definition) is 1. The van der Waals surface area contributed by atoms with Gasteiger partial charge in [0.1, 0.15) is 0 Å². The van der Waals surface area contributed by atoms with Crippen LogP contribution in [0.4, 0.5) is 0 Å². The highest BCUT2D eigenvalue weighted by Crippen LogP contribution is 2.15. The molecule has 98 valence electrons. The van der Waals surface area contributed by atoms with E-state index < -0.39 is 0 Å². The summed E-state index contributed by atoms with van der Waals surface area (Å²) in [5.41, 5.74) is 1.65. The number of benzene rings is 1. The lowest BCUT2D eigenvalue weighted by Gasteiger charge is -2.26. The van der Waals surface area contributed by atoms with Gasteiger partial charge in [0.05, 0.1) is 17.2 Å². The SMILES string of the molecule is O=C(c1ccc2ncc(=O)[nH]c2c1)N1CCCCC1. The van der Waals surface area contributed by atoms with Gasteiger partial charge in [-0.15, -0.1) is 0 Å². The standard InChI is InChI=1S/C14H15N3O2/c18-13-9-15-11-5-4-10(8-12(11)16-13)14(19)17-6-2-1-3-7-17/h4-5,8-9H,1-3,6-7H2,(H,16,18). The highest BCUT2D eigenvalue weighted by Gasteiger charge is 2.18. The molecule has 1 aliphatic rings. The number of fused-ring (bicyclic) bond motifs is 1. The Balaban J connectivity index is 1.95. The van der Waals surface area contributed by atoms with Crippen molar-refractivity contribution in [1.29, 1.82) is 0 Å². The second kappa shape index (κ2) is 4.84. The van der Waals surface area contributed by atoms with Gasteiger partial charge in [-0.05, 0) is 37.5 Å². The van der Waals surface area contributed by atoms with Gasteiger partial charge in [-0.1, -0.05) is 0 Å². The summed E-state index contributed by atoms with van der Waals surface area (Å²) in [6.45, 7) is 1.64. The maximum absolute atomic E-state index is 12.3. The van der Waals surface area contributed by atoms with Gasteiger partial charge in [0, 0.05) is 18.7 Å². The average molecular weight is 257 g/mol. The zero-order valence-corrected chi connectivity index (χ0v) is 10.6. The van der Waals surface area contributed by atoms with Crippen LogP contribution in [-0.4, -0.2) is 33.9 Å². The number of piperidine rings is 1. The summed E-state index contributed by atoms with van der Waals surface area (Å²) >= 11 is 0. The van der Waals surface area contributed by atoms with E-state index in [0.717, 1.165) is 25.9 Å². The molecular weight excluding hydrogens is 242 g/mol. The monoisotopic (exact) mass is 257 g/mol. The van der Waals surface area contributed by atoms with Gasteiger partial charge in [-0.2, -0.15) is 0 Å². The highest BCUT2D eigenvalue weighted by atomic mass is 16.2. The number of carbonyl (C=O) groups excluding carboxylic acids is 1. The Morgan fingerprint density at radius 3 is 2.79 bits per heavy atom. The van der Waals surface area contributed by atoms with Gasteiger partial charge in [0.2, 0.25) is 0 Å². The highest BCUT2D eigenvalue weighted by molar-refractivity contribution is 5.97. The Kier molecular flexibility index (Phi) is 3.03. The summed E-state index contributed by atoms with van der Waals surface area (Å²) in [5.74, 6) is 0.0336. The lowest BCUT2D eigenvalue weighted by atomic mass is 10.1. The number of hydrogen-bond acceptors (Lipinski definition) is 3. The largest absolute Gasteiger partial charge is 0.339 e. The quantitative estimate of drug-likeness (QED) is 0.843. The topological polar surface area (TPSA) is 66.1 Å². The third-order valence-electron chi connectivity index (χ3n) is 3.47. The van der Waals surface area contributed by atoms with Gasteiger partial charge in [0.15, 0.2) is 0 Å². The lowest BCUT2D eigenvalue weighted by Crippen LogP contribution is -2.35. The second-order valence-electron chi connectivity index (χ2n) is 4.83. The molecule has 0 atom stereocenters. The molecule has 1 saturated heterocycles. The van der Waals surface area contributed by atoms with E-state index in [0.29, 0.717) is 16.6 Å². The predicted molar refractivity (Wildman–Crippen MR) is 72.1 cm³/mol. The molecule has 0 bridgehead atoms. The molecule has 1 aromatic heterocycles. The van der Waals surface area contributed by atoms with Crippen LogP contribution >= 0.6 is 0 Å². The van der Waals surface area contributed by atoms with E-state index in [1.807, 2.05) is 4.90 Å². The number of nitrogens with one attached hydrogen (secondary N) is 1. The van der Waals surface area contributed by atoms with Crippen molar-refractivity contribution in [2.24, 2.45) is 0 Å². The smallest absolute Gasteiger partial charge is 0.266 e. The molecule has 5 nitrogen and oxygen atoms in total. The molecule has 1 aromatic carbocycles. The first-order valence-corrected chi connectivity index (χ1v) is 6.52. The van der Waals surface area contributed by atoms with E-state index in [9.17, 15) is 9.59 Å². The molecule has 1 fully saturated rings. The van der Waals surface area contributed by atoms with Crippen molar-refractivity contribution in [2.75, 3.05) is 13.1 Å². The zero-order valence-electron chi connectivity index (χ0n) is 10.6. The minimum Gasteiger partial charge on any atom is -0.339 e. The van der Waals surface area contributed by atoms with Crippen molar-refractivity contribution >= 4 is 16.9 Å². The zero-order chi connectivity index (χ0) is 13.2. The van der Waals surface area contributed by atoms with Crippen LogP contribution in [0.3, 0.4) is 0 Å². The summed E-state index contributed by atoms with van der Waals surface area (Å²) in [6, 6.07) is 5.24. The number of carbonyl (C=O) groups is 1. The number of nitrogens with zero attached hydrogens (tertiary/aromatic N) is 2. The average Bonchev–Trinajstić information content (AvgIpc) is 2.46. The molecule has 2 aromatic rings. The van der Waals surface area contributed by atoms with Crippen LogP contribution in [0.15, 0.2) is 29.2 Å². The summed E-state index contributed by atoms with van der Waals surface area (Å²) in [5, 5.41) is 0. The number of H-pyrrole nitrogens is 1. The van der Waals surface area contributed by atoms with E-state index in [2.05, 4.69) is 9.97 Å². The van der Waals surface area contributed by atoms with E-state index >= 15 is 0 Å². The first-order valence-electron chi connectivity index (χ1n) is 6.52. The van der Waals surface area contributed by atoms with E-state index in [1.165, 1.54) is 12.6 Å². The van der Waals surface area contributed by atoms with Crippen LogP contribution in [0, 0.1) is 0 Å². The molecular formula is C14H15N3O2. The molecule has 0 spiro atoms. The fourth-order valence-electron chi connectivity index (χ4n) is 2.45. The molecule has 3 rings (SSSR count). The van der Waals surface area contributed by atoms with Crippen LogP contribution in [-0.2, 0) is 0 Å². The third kappa shape index (κ3) is 2.36. The van der Waals surface area contributed by atoms with Gasteiger partial charge < -0.3 is 9.88 Å². The molecule has 0 aliphatic carbocycles. The first kappa shape index (κ1) is 11.9. The number of likely N-dealkylation sites (tertiary alicyclic amines) is 1. The molecule has 1 N–H and O–H groups in total. The van der Waals surface area contributed by atoms with Crippen molar-refractivity contribution in [3.63, 3.8) is 0 Å². The van der Waals surface area contributed by atoms with Crippen LogP contribution in [0.1, 0.15) is 29.6 Å². The van der Waals surface area contributed by atoms with Crippen molar-refractivity contribution in [1.82, 2.24) is 14.9 Å². The van der Waals surface area contributed by atoms with Crippen molar-refractivity contribution < 1.29 is 4.79 Å². The first-order chi connectivity index (χ1) is 9.24. The predicted octanol–water partition coefficient (Wildman–Crippen LogP) is 1.55. The summed E-state index contributed by atoms with van der Waals surface area (Å²) in [6.07, 6.45) is 4.57. The van der Waals surface area contributed by atoms with Crippen LogP contribution in [0.2, 0.25) is 0 Å². The Morgan fingerprint density at radius 2 is 2.00 bits per heavy atom. The van der Waals surface area contributed by atoms with Crippen molar-refractivity contribution in [3.8, 4) is 0 Å². The Bertz CT molecular complexity index is 672. The minimum atomic E-state index is -0.255. The van der Waals surface area contributed by atoms with Crippen LogP contribution < -0.4 is 5.56 Å². The Morgan fingerprint density at radius 1 is 1.21 bits per heavy atom. The maximum Gasteiger partial charge on any atom is 0.266 e. The van der Waals surface area contributed by atoms with Gasteiger partial charge >= 0.3 is 0 Å². The molecule has 1 amide bonds. The third-order valence-corrected chi connectivity index (χ3v) is 3.47. The fraction of sp³-hybridized carbons (Fsp3) is 0.357. The number of amides is 1. The van der Waals surface area contributed by atoms with Crippen LogP contribution in [0.5, 0.6) is 0 Å². The fourth-order valence-corrected chi connectivity index (χ4v) is 2.45. The Labute approximate surface area is 110 Å². The van der Waals surface area contributed by atoms with E-state index in [4.69, 9.17) is 0 Å². The number of aromatic amines is 1. The van der Waals surface area contributed by atoms with Crippen molar-refractivity contribution in [2.45, 2.75) is 19.3 Å². The normalized spacial score (nSPS) is 15.7. The van der Waals surface area contributed by atoms with Crippen LogP contribution in [0.25, 0.3) is 11.0 Å². The van der Waals surface area contributed by atoms with Gasteiger partial charge in [-0.3, -0.25) is 9.59 Å². The minimum absolute atomic E-state index is 0.0336. The van der Waals surface area contributed by atoms with E-state index in [1.54, 1.807) is 18.2 Å². The summed E-state index contributed by atoms with van der Waals surface area (Å²) in [4.78, 5) is 32.2. The molecule has 5 heteroatoms. The van der Waals surface area contributed by atoms with Gasteiger partial charge in [0.25, 0.3) is 11.5 Å². The van der Waals surface area contributed by atoms with Gasteiger partial charge in [-0.25, -0.2) is 4.98 Å². The molecule has 0 unspecified atom stereocenters. The van der Waals surface area contributed by atoms with Crippen molar-refractivity contribution in [3.05, 3.63) is 40.3 Å². The summed E-state index contributed by atoms with van der Waals surface area (Å²) in [7, 11) is 0. The number of rotatable bonds is 1. The molecule has 2 heterocycles. The molecule has 0 radical (unpaired) electrons. The molecule has 19 heavy (non-hydrogen) atoms. The second-order valence-corrected chi connectivity index (χ2v) is 4.83. The number of aromatic nitrogens is 2. The van der Waals surface area contributed by atoms with E-state index in [-0.39, 0.29) is 11.5 Å². The maximum atomic E-state index is 12.3. The molecule has 0 saturated carbocycles.